The molecule has 96 valence electrons. The summed E-state index contributed by atoms with van der Waals surface area (Å²) in [5, 5.41) is 14.7. The van der Waals surface area contributed by atoms with Gasteiger partial charge in [-0.05, 0) is 55.5 Å². The number of hydrogen-bond donors (Lipinski definition) is 1. The standard InChI is InChI=1S/C12H13IN2O3/c1-12(2,3)18-11(17)15-9-7(10(13)14-15)5-4-6-8(9)16/h4-6,16H,1-3H3. The summed E-state index contributed by atoms with van der Waals surface area (Å²) in [6.07, 6.45) is -0.600. The second-order valence-corrected chi connectivity index (χ2v) is 5.88. The number of carbonyl (C=O) groups is 1. The molecule has 0 fully saturated rings. The molecular weight excluding hydrogens is 347 g/mol. The SMILES string of the molecule is CC(C)(C)OC(=O)n1nc(I)c2cccc(O)c21. The van der Waals surface area contributed by atoms with Crippen LogP contribution in [0, 0.1) is 3.70 Å². The van der Waals surface area contributed by atoms with E-state index in [2.05, 4.69) is 5.10 Å². The number of ether oxygens (including phenoxy) is 1. The summed E-state index contributed by atoms with van der Waals surface area (Å²) in [7, 11) is 0. The number of halogens is 1. The van der Waals surface area contributed by atoms with E-state index in [9.17, 15) is 9.90 Å². The molecule has 0 saturated carbocycles. The molecule has 1 N–H and O–H groups in total. The molecule has 2 aromatic rings. The lowest BCUT2D eigenvalue weighted by molar-refractivity contribution is 0.0521. The molecule has 6 heteroatoms. The maximum absolute atomic E-state index is 12.0. The molecule has 0 bridgehead atoms. The van der Waals surface area contributed by atoms with Gasteiger partial charge in [-0.2, -0.15) is 9.78 Å². The largest absolute Gasteiger partial charge is 0.506 e. The van der Waals surface area contributed by atoms with E-state index in [0.717, 1.165) is 10.1 Å². The number of rotatable bonds is 0. The van der Waals surface area contributed by atoms with Crippen LogP contribution in [0.15, 0.2) is 18.2 Å². The summed E-state index contributed by atoms with van der Waals surface area (Å²) in [6, 6.07) is 5.02. The molecule has 0 aliphatic carbocycles. The zero-order valence-corrected chi connectivity index (χ0v) is 12.4. The number of fused-ring (bicyclic) bond motifs is 1. The van der Waals surface area contributed by atoms with E-state index in [1.165, 1.54) is 6.07 Å². The van der Waals surface area contributed by atoms with Crippen molar-refractivity contribution in [2.75, 3.05) is 0 Å². The Kier molecular flexibility index (Phi) is 3.22. The van der Waals surface area contributed by atoms with Gasteiger partial charge in [-0.3, -0.25) is 0 Å². The summed E-state index contributed by atoms with van der Waals surface area (Å²) in [5.41, 5.74) is -0.235. The Balaban J connectivity index is 2.55. The van der Waals surface area contributed by atoms with Crippen LogP contribution in [0.25, 0.3) is 10.9 Å². The molecule has 0 aliphatic heterocycles. The van der Waals surface area contributed by atoms with Crippen molar-refractivity contribution >= 4 is 39.6 Å². The first-order valence-electron chi connectivity index (χ1n) is 5.39. The third kappa shape index (κ3) is 2.43. The molecule has 1 aromatic carbocycles. The minimum atomic E-state index is -0.606. The normalized spacial score (nSPS) is 11.8. The summed E-state index contributed by atoms with van der Waals surface area (Å²) < 4.78 is 6.99. The number of para-hydroxylation sites is 1. The van der Waals surface area contributed by atoms with Crippen molar-refractivity contribution in [2.45, 2.75) is 26.4 Å². The van der Waals surface area contributed by atoms with E-state index < -0.39 is 11.7 Å². The Morgan fingerprint density at radius 1 is 1.44 bits per heavy atom. The summed E-state index contributed by atoms with van der Waals surface area (Å²) in [4.78, 5) is 12.0. The van der Waals surface area contributed by atoms with E-state index in [0.29, 0.717) is 9.22 Å². The van der Waals surface area contributed by atoms with E-state index >= 15 is 0 Å². The van der Waals surface area contributed by atoms with Gasteiger partial charge in [-0.25, -0.2) is 4.79 Å². The van der Waals surface area contributed by atoms with Gasteiger partial charge in [0.25, 0.3) is 0 Å². The molecular formula is C12H13IN2O3. The van der Waals surface area contributed by atoms with Crippen LogP contribution < -0.4 is 0 Å². The maximum atomic E-state index is 12.0. The zero-order chi connectivity index (χ0) is 13.5. The molecule has 0 saturated heterocycles. The lowest BCUT2D eigenvalue weighted by Gasteiger charge is -2.19. The Bertz CT molecular complexity index is 614. The van der Waals surface area contributed by atoms with Crippen LogP contribution in [0.2, 0.25) is 0 Å². The average molecular weight is 360 g/mol. The van der Waals surface area contributed by atoms with E-state index in [-0.39, 0.29) is 5.75 Å². The van der Waals surface area contributed by atoms with Crippen LogP contribution in [0.1, 0.15) is 20.8 Å². The highest BCUT2D eigenvalue weighted by molar-refractivity contribution is 14.1. The minimum absolute atomic E-state index is 0.00813. The van der Waals surface area contributed by atoms with E-state index in [4.69, 9.17) is 4.74 Å². The Morgan fingerprint density at radius 2 is 2.11 bits per heavy atom. The minimum Gasteiger partial charge on any atom is -0.506 e. The summed E-state index contributed by atoms with van der Waals surface area (Å²) in [6.45, 7) is 5.34. The predicted molar refractivity (Wildman–Crippen MR) is 75.7 cm³/mol. The van der Waals surface area contributed by atoms with Crippen LogP contribution >= 0.6 is 22.6 Å². The van der Waals surface area contributed by atoms with Crippen molar-refractivity contribution in [1.82, 2.24) is 9.78 Å². The van der Waals surface area contributed by atoms with E-state index in [1.54, 1.807) is 32.9 Å². The van der Waals surface area contributed by atoms with Crippen molar-refractivity contribution in [2.24, 2.45) is 0 Å². The number of phenolic OH excluding ortho intramolecular Hbond substituents is 1. The molecule has 5 nitrogen and oxygen atoms in total. The Morgan fingerprint density at radius 3 is 2.72 bits per heavy atom. The van der Waals surface area contributed by atoms with Crippen LogP contribution in [-0.2, 0) is 4.74 Å². The molecule has 0 unspecified atom stereocenters. The van der Waals surface area contributed by atoms with Crippen molar-refractivity contribution in [3.8, 4) is 5.75 Å². The molecule has 1 heterocycles. The van der Waals surface area contributed by atoms with Gasteiger partial charge in [0.05, 0.1) is 0 Å². The van der Waals surface area contributed by atoms with Crippen LogP contribution in [0.3, 0.4) is 0 Å². The summed E-state index contributed by atoms with van der Waals surface area (Å²) >= 11 is 2.02. The molecule has 0 aliphatic rings. The molecule has 18 heavy (non-hydrogen) atoms. The highest BCUT2D eigenvalue weighted by atomic mass is 127. The van der Waals surface area contributed by atoms with Crippen molar-refractivity contribution in [1.29, 1.82) is 0 Å². The van der Waals surface area contributed by atoms with Gasteiger partial charge in [0.15, 0.2) is 0 Å². The predicted octanol–water partition coefficient (Wildman–Crippen LogP) is 3.13. The number of phenols is 1. The molecule has 2 rings (SSSR count). The fraction of sp³-hybridized carbons (Fsp3) is 0.333. The fourth-order valence-electron chi connectivity index (χ4n) is 1.55. The molecule has 0 spiro atoms. The first kappa shape index (κ1) is 13.1. The van der Waals surface area contributed by atoms with Crippen molar-refractivity contribution in [3.63, 3.8) is 0 Å². The van der Waals surface area contributed by atoms with Gasteiger partial charge < -0.3 is 9.84 Å². The van der Waals surface area contributed by atoms with Crippen LogP contribution in [0.4, 0.5) is 4.79 Å². The van der Waals surface area contributed by atoms with Gasteiger partial charge in [0.2, 0.25) is 0 Å². The monoisotopic (exact) mass is 360 g/mol. The number of carbonyl (C=O) groups excluding carboxylic acids is 1. The van der Waals surface area contributed by atoms with E-state index in [1.807, 2.05) is 22.6 Å². The number of benzene rings is 1. The zero-order valence-electron chi connectivity index (χ0n) is 10.3. The average Bonchev–Trinajstić information content (AvgIpc) is 2.56. The molecule has 1 aromatic heterocycles. The first-order chi connectivity index (χ1) is 8.29. The molecule has 0 radical (unpaired) electrons. The lowest BCUT2D eigenvalue weighted by Crippen LogP contribution is -2.27. The second-order valence-electron chi connectivity index (χ2n) is 4.86. The van der Waals surface area contributed by atoms with Gasteiger partial charge >= 0.3 is 6.09 Å². The third-order valence-corrected chi connectivity index (χ3v) is 3.00. The maximum Gasteiger partial charge on any atom is 0.435 e. The highest BCUT2D eigenvalue weighted by Crippen LogP contribution is 2.28. The lowest BCUT2D eigenvalue weighted by atomic mass is 10.2. The second kappa shape index (κ2) is 4.42. The Labute approximate surface area is 118 Å². The molecule has 0 amide bonds. The van der Waals surface area contributed by atoms with Crippen LogP contribution in [-0.4, -0.2) is 26.6 Å². The topological polar surface area (TPSA) is 64.4 Å². The number of nitrogens with zero attached hydrogens (tertiary/aromatic N) is 2. The van der Waals surface area contributed by atoms with Gasteiger partial charge in [0.1, 0.15) is 20.6 Å². The quantitative estimate of drug-likeness (QED) is 0.734. The number of hydrogen-bond acceptors (Lipinski definition) is 4. The smallest absolute Gasteiger partial charge is 0.435 e. The van der Waals surface area contributed by atoms with Crippen molar-refractivity contribution in [3.05, 3.63) is 21.9 Å². The van der Waals surface area contributed by atoms with Crippen molar-refractivity contribution < 1.29 is 14.6 Å². The first-order valence-corrected chi connectivity index (χ1v) is 6.47. The van der Waals surface area contributed by atoms with Gasteiger partial charge in [-0.1, -0.05) is 6.07 Å². The Hall–Kier alpha value is -1.31. The van der Waals surface area contributed by atoms with Gasteiger partial charge in [-0.15, -0.1) is 0 Å². The van der Waals surface area contributed by atoms with Crippen LogP contribution in [0.5, 0.6) is 5.75 Å². The highest BCUT2D eigenvalue weighted by Gasteiger charge is 2.22. The summed E-state index contributed by atoms with van der Waals surface area (Å²) in [5.74, 6) is 0.00813. The fourth-order valence-corrected chi connectivity index (χ4v) is 2.20. The molecule has 0 atom stereocenters. The number of aromatic nitrogens is 2. The number of aromatic hydroxyl groups is 1. The third-order valence-electron chi connectivity index (χ3n) is 2.20. The van der Waals surface area contributed by atoms with Gasteiger partial charge in [0, 0.05) is 5.39 Å².